The lowest BCUT2D eigenvalue weighted by Crippen LogP contribution is -2.42. The van der Waals surface area contributed by atoms with E-state index in [2.05, 4.69) is 11.4 Å². The summed E-state index contributed by atoms with van der Waals surface area (Å²) in [5.74, 6) is 0.789. The standard InChI is InChI=1S/C16H25NO2S2/c1-21(18,19)12-5-2-4-11(10-12)16(17)14-6-3-7-15-13(14)8-9-20-15/h8-9,11-12,14,16H,2-7,10,17H2,1H3. The summed E-state index contributed by atoms with van der Waals surface area (Å²) in [6.07, 6.45) is 8.60. The van der Waals surface area contributed by atoms with Gasteiger partial charge in [0.05, 0.1) is 5.25 Å². The second-order valence-corrected chi connectivity index (χ2v) is 10.1. The van der Waals surface area contributed by atoms with Gasteiger partial charge in [-0.1, -0.05) is 6.42 Å². The van der Waals surface area contributed by atoms with Gasteiger partial charge in [-0.25, -0.2) is 8.42 Å². The lowest BCUT2D eigenvalue weighted by molar-refractivity contribution is 0.267. The largest absolute Gasteiger partial charge is 0.327 e. The topological polar surface area (TPSA) is 60.2 Å². The first-order valence-corrected chi connectivity index (χ1v) is 10.8. The zero-order valence-electron chi connectivity index (χ0n) is 12.6. The Morgan fingerprint density at radius 3 is 2.86 bits per heavy atom. The zero-order valence-corrected chi connectivity index (χ0v) is 14.3. The summed E-state index contributed by atoms with van der Waals surface area (Å²) in [5.41, 5.74) is 8.06. The van der Waals surface area contributed by atoms with Crippen molar-refractivity contribution in [1.82, 2.24) is 0 Å². The molecule has 4 unspecified atom stereocenters. The van der Waals surface area contributed by atoms with Gasteiger partial charge < -0.3 is 5.73 Å². The van der Waals surface area contributed by atoms with Crippen LogP contribution in [0, 0.1) is 5.92 Å². The number of sulfone groups is 1. The van der Waals surface area contributed by atoms with Crippen molar-refractivity contribution < 1.29 is 8.42 Å². The predicted molar refractivity (Wildman–Crippen MR) is 88.6 cm³/mol. The fourth-order valence-electron chi connectivity index (χ4n) is 4.17. The van der Waals surface area contributed by atoms with E-state index in [-0.39, 0.29) is 11.3 Å². The van der Waals surface area contributed by atoms with Gasteiger partial charge in [-0.2, -0.15) is 0 Å². The van der Waals surface area contributed by atoms with Gasteiger partial charge in [0.1, 0.15) is 9.84 Å². The summed E-state index contributed by atoms with van der Waals surface area (Å²) in [5, 5.41) is 2.00. The van der Waals surface area contributed by atoms with Crippen molar-refractivity contribution in [2.24, 2.45) is 11.7 Å². The van der Waals surface area contributed by atoms with Crippen LogP contribution >= 0.6 is 11.3 Å². The molecule has 1 aromatic heterocycles. The Hall–Kier alpha value is -0.390. The smallest absolute Gasteiger partial charge is 0.150 e. The van der Waals surface area contributed by atoms with Crippen molar-refractivity contribution in [1.29, 1.82) is 0 Å². The number of thiophene rings is 1. The van der Waals surface area contributed by atoms with Crippen molar-refractivity contribution in [3.05, 3.63) is 21.9 Å². The average molecular weight is 328 g/mol. The molecule has 0 aromatic carbocycles. The lowest BCUT2D eigenvalue weighted by Gasteiger charge is -2.37. The molecular formula is C16H25NO2S2. The van der Waals surface area contributed by atoms with E-state index in [9.17, 15) is 8.42 Å². The number of hydrogen-bond donors (Lipinski definition) is 1. The normalized spacial score (nSPS) is 31.6. The lowest BCUT2D eigenvalue weighted by atomic mass is 9.73. The van der Waals surface area contributed by atoms with Gasteiger partial charge in [-0.15, -0.1) is 11.3 Å². The fraction of sp³-hybridized carbons (Fsp3) is 0.750. The third kappa shape index (κ3) is 3.20. The molecule has 0 aliphatic heterocycles. The average Bonchev–Trinajstić information content (AvgIpc) is 2.94. The first kappa shape index (κ1) is 15.5. The Balaban J connectivity index is 1.76. The van der Waals surface area contributed by atoms with E-state index in [1.165, 1.54) is 29.5 Å². The second kappa shape index (κ2) is 6.01. The molecule has 0 bridgehead atoms. The monoisotopic (exact) mass is 327 g/mol. The van der Waals surface area contributed by atoms with E-state index in [0.717, 1.165) is 32.1 Å². The highest BCUT2D eigenvalue weighted by atomic mass is 32.2. The van der Waals surface area contributed by atoms with Gasteiger partial charge in [0.15, 0.2) is 0 Å². The van der Waals surface area contributed by atoms with E-state index in [4.69, 9.17) is 5.73 Å². The summed E-state index contributed by atoms with van der Waals surface area (Å²) in [6, 6.07) is 2.35. The Morgan fingerprint density at radius 2 is 2.10 bits per heavy atom. The highest BCUT2D eigenvalue weighted by Gasteiger charge is 2.36. The van der Waals surface area contributed by atoms with Gasteiger partial charge in [0.25, 0.3) is 0 Å². The van der Waals surface area contributed by atoms with E-state index < -0.39 is 9.84 Å². The first-order chi connectivity index (χ1) is 9.97. The predicted octanol–water partition coefficient (Wildman–Crippen LogP) is 3.10. The summed E-state index contributed by atoms with van der Waals surface area (Å²) in [6.45, 7) is 0. The van der Waals surface area contributed by atoms with Crippen molar-refractivity contribution in [3.8, 4) is 0 Å². The van der Waals surface area contributed by atoms with Crippen LogP contribution in [-0.2, 0) is 16.3 Å². The third-order valence-corrected chi connectivity index (χ3v) is 8.02. The zero-order chi connectivity index (χ0) is 15.0. The van der Waals surface area contributed by atoms with Crippen molar-refractivity contribution in [2.45, 2.75) is 62.2 Å². The minimum Gasteiger partial charge on any atom is -0.327 e. The third-order valence-electron chi connectivity index (χ3n) is 5.38. The molecule has 1 heterocycles. The molecule has 0 saturated heterocycles. The Bertz CT molecular complexity index is 593. The molecular weight excluding hydrogens is 302 g/mol. The molecule has 1 aromatic rings. The highest BCUT2D eigenvalue weighted by molar-refractivity contribution is 7.91. The molecule has 2 N–H and O–H groups in total. The summed E-state index contributed by atoms with van der Waals surface area (Å²) < 4.78 is 23.7. The van der Waals surface area contributed by atoms with Crippen LogP contribution < -0.4 is 5.73 Å². The second-order valence-electron chi connectivity index (χ2n) is 6.75. The molecule has 1 fully saturated rings. The quantitative estimate of drug-likeness (QED) is 0.928. The van der Waals surface area contributed by atoms with E-state index >= 15 is 0 Å². The number of rotatable bonds is 3. The summed E-state index contributed by atoms with van der Waals surface area (Å²) >= 11 is 1.85. The van der Waals surface area contributed by atoms with Gasteiger partial charge >= 0.3 is 0 Å². The molecule has 0 radical (unpaired) electrons. The van der Waals surface area contributed by atoms with Crippen LogP contribution in [0.3, 0.4) is 0 Å². The molecule has 2 aliphatic rings. The molecule has 1 saturated carbocycles. The fourth-order valence-corrected chi connectivity index (χ4v) is 6.36. The summed E-state index contributed by atoms with van der Waals surface area (Å²) in [7, 11) is -2.93. The molecule has 3 rings (SSSR count). The minimum absolute atomic E-state index is 0.114. The molecule has 0 spiro atoms. The van der Waals surface area contributed by atoms with Crippen molar-refractivity contribution >= 4 is 21.2 Å². The van der Waals surface area contributed by atoms with Crippen LogP contribution in [0.2, 0.25) is 0 Å². The van der Waals surface area contributed by atoms with E-state index in [1.54, 1.807) is 0 Å². The van der Waals surface area contributed by atoms with Crippen molar-refractivity contribution in [2.75, 3.05) is 6.26 Å². The number of nitrogens with two attached hydrogens (primary N) is 1. The Labute approximate surface area is 131 Å². The number of hydrogen-bond acceptors (Lipinski definition) is 4. The van der Waals surface area contributed by atoms with Gasteiger partial charge in [0.2, 0.25) is 0 Å². The maximum absolute atomic E-state index is 11.8. The molecule has 118 valence electrons. The number of aryl methyl sites for hydroxylation is 1. The van der Waals surface area contributed by atoms with Crippen LogP contribution in [0.5, 0.6) is 0 Å². The van der Waals surface area contributed by atoms with Gasteiger partial charge in [-0.05, 0) is 61.5 Å². The van der Waals surface area contributed by atoms with Crippen LogP contribution in [0.15, 0.2) is 11.4 Å². The first-order valence-electron chi connectivity index (χ1n) is 7.97. The highest BCUT2D eigenvalue weighted by Crippen LogP contribution is 2.41. The molecule has 5 heteroatoms. The van der Waals surface area contributed by atoms with Crippen LogP contribution in [0.1, 0.15) is 54.9 Å². The maximum Gasteiger partial charge on any atom is 0.150 e. The molecule has 3 nitrogen and oxygen atoms in total. The maximum atomic E-state index is 11.8. The molecule has 0 amide bonds. The molecule has 4 atom stereocenters. The van der Waals surface area contributed by atoms with Gasteiger partial charge in [0, 0.05) is 23.1 Å². The number of fused-ring (bicyclic) bond motifs is 1. The Kier molecular flexibility index (Phi) is 4.44. The summed E-state index contributed by atoms with van der Waals surface area (Å²) in [4.78, 5) is 1.50. The van der Waals surface area contributed by atoms with Crippen LogP contribution in [0.4, 0.5) is 0 Å². The van der Waals surface area contributed by atoms with E-state index in [1.807, 2.05) is 11.3 Å². The minimum atomic E-state index is -2.93. The van der Waals surface area contributed by atoms with E-state index in [0.29, 0.717) is 11.8 Å². The molecule has 2 aliphatic carbocycles. The van der Waals surface area contributed by atoms with Crippen LogP contribution in [0.25, 0.3) is 0 Å². The van der Waals surface area contributed by atoms with Gasteiger partial charge in [-0.3, -0.25) is 0 Å². The van der Waals surface area contributed by atoms with Crippen LogP contribution in [-0.4, -0.2) is 26.0 Å². The SMILES string of the molecule is CS(=O)(=O)C1CCCC(C(N)C2CCCc3sccc32)C1. The molecule has 21 heavy (non-hydrogen) atoms. The van der Waals surface area contributed by atoms with Crippen molar-refractivity contribution in [3.63, 3.8) is 0 Å². The Morgan fingerprint density at radius 1 is 1.29 bits per heavy atom.